The summed E-state index contributed by atoms with van der Waals surface area (Å²) in [7, 11) is 0. The zero-order valence-corrected chi connectivity index (χ0v) is 9.01. The Bertz CT molecular complexity index is 340. The van der Waals surface area contributed by atoms with Crippen molar-refractivity contribution in [2.24, 2.45) is 5.92 Å². The van der Waals surface area contributed by atoms with E-state index in [9.17, 15) is 0 Å². The average molecular weight is 205 g/mol. The predicted molar refractivity (Wildman–Crippen MR) is 59.1 cm³/mol. The smallest absolute Gasteiger partial charge is 0.225 e. The Labute approximate surface area is 89.6 Å². The Hall–Kier alpha value is -1.83. The normalized spacial score (nSPS) is 11.8. The molecule has 1 rings (SSSR count). The van der Waals surface area contributed by atoms with Gasteiger partial charge in [0.2, 0.25) is 5.95 Å². The first kappa shape index (κ1) is 11.2. The molecule has 80 valence electrons. The van der Waals surface area contributed by atoms with Gasteiger partial charge in [-0.05, 0) is 13.8 Å². The molecule has 0 aliphatic carbocycles. The van der Waals surface area contributed by atoms with E-state index in [1.165, 1.54) is 0 Å². The van der Waals surface area contributed by atoms with Gasteiger partial charge in [0.1, 0.15) is 0 Å². The highest BCUT2D eigenvalue weighted by Gasteiger charge is 2.10. The molecule has 5 heteroatoms. The van der Waals surface area contributed by atoms with Crippen molar-refractivity contribution in [2.75, 3.05) is 23.7 Å². The fourth-order valence-electron chi connectivity index (χ4n) is 1.22. The third-order valence-electron chi connectivity index (χ3n) is 2.04. The van der Waals surface area contributed by atoms with Gasteiger partial charge < -0.3 is 10.6 Å². The van der Waals surface area contributed by atoms with Crippen molar-refractivity contribution >= 4 is 11.6 Å². The lowest BCUT2D eigenvalue weighted by Gasteiger charge is -2.21. The minimum absolute atomic E-state index is 0.0360. The Morgan fingerprint density at radius 3 is 2.60 bits per heavy atom. The highest BCUT2D eigenvalue weighted by molar-refractivity contribution is 5.37. The van der Waals surface area contributed by atoms with Crippen LogP contribution in [0.2, 0.25) is 0 Å². The molecule has 1 atom stereocenters. The molecule has 1 heterocycles. The first-order valence-electron chi connectivity index (χ1n) is 4.89. The first-order chi connectivity index (χ1) is 7.17. The second kappa shape index (κ2) is 5.15. The van der Waals surface area contributed by atoms with E-state index in [1.807, 2.05) is 18.7 Å². The van der Waals surface area contributed by atoms with E-state index >= 15 is 0 Å². The molecule has 0 saturated heterocycles. The number of nitriles is 1. The largest absolute Gasteiger partial charge is 0.396 e. The number of anilines is 2. The Morgan fingerprint density at radius 2 is 2.13 bits per heavy atom. The fraction of sp³-hybridized carbons (Fsp3) is 0.500. The van der Waals surface area contributed by atoms with Gasteiger partial charge in [0, 0.05) is 13.1 Å². The third-order valence-corrected chi connectivity index (χ3v) is 2.04. The standard InChI is InChI=1S/C10H15N5/c1-3-15(7-8(2)4-11)10-13-5-9(12)6-14-10/h5-6,8H,3,7,12H2,1-2H3. The maximum atomic E-state index is 8.73. The molecular weight excluding hydrogens is 190 g/mol. The number of aromatic nitrogens is 2. The summed E-state index contributed by atoms with van der Waals surface area (Å²) in [4.78, 5) is 10.2. The van der Waals surface area contributed by atoms with Gasteiger partial charge in [0.05, 0.1) is 30.1 Å². The Kier molecular flexibility index (Phi) is 3.86. The van der Waals surface area contributed by atoms with Crippen LogP contribution in [0.1, 0.15) is 13.8 Å². The van der Waals surface area contributed by atoms with Gasteiger partial charge in [-0.25, -0.2) is 9.97 Å². The van der Waals surface area contributed by atoms with Crippen LogP contribution in [-0.4, -0.2) is 23.1 Å². The molecule has 0 spiro atoms. The second-order valence-corrected chi connectivity index (χ2v) is 3.39. The summed E-state index contributed by atoms with van der Waals surface area (Å²) in [6.45, 7) is 5.29. The molecule has 0 saturated carbocycles. The molecule has 1 aromatic rings. The van der Waals surface area contributed by atoms with E-state index < -0.39 is 0 Å². The molecule has 1 aromatic heterocycles. The molecule has 5 nitrogen and oxygen atoms in total. The van der Waals surface area contributed by atoms with Gasteiger partial charge in [0.15, 0.2) is 0 Å². The van der Waals surface area contributed by atoms with E-state index in [0.29, 0.717) is 18.2 Å². The minimum Gasteiger partial charge on any atom is -0.396 e. The topological polar surface area (TPSA) is 78.8 Å². The van der Waals surface area contributed by atoms with Gasteiger partial charge in [-0.1, -0.05) is 0 Å². The van der Waals surface area contributed by atoms with Crippen molar-refractivity contribution in [3.63, 3.8) is 0 Å². The summed E-state index contributed by atoms with van der Waals surface area (Å²) >= 11 is 0. The number of nitrogen functional groups attached to an aromatic ring is 1. The van der Waals surface area contributed by atoms with Gasteiger partial charge in [-0.15, -0.1) is 0 Å². The Morgan fingerprint density at radius 1 is 1.53 bits per heavy atom. The van der Waals surface area contributed by atoms with Crippen LogP contribution in [0, 0.1) is 17.2 Å². The molecule has 0 fully saturated rings. The number of rotatable bonds is 4. The molecule has 0 aromatic carbocycles. The zero-order valence-electron chi connectivity index (χ0n) is 9.01. The molecule has 1 unspecified atom stereocenters. The second-order valence-electron chi connectivity index (χ2n) is 3.39. The molecule has 0 aliphatic rings. The first-order valence-corrected chi connectivity index (χ1v) is 4.89. The summed E-state index contributed by atoms with van der Waals surface area (Å²) in [6, 6.07) is 2.19. The van der Waals surface area contributed by atoms with Crippen LogP contribution in [0.15, 0.2) is 12.4 Å². The summed E-state index contributed by atoms with van der Waals surface area (Å²) in [5.41, 5.74) is 6.04. The molecule has 0 aliphatic heterocycles. The molecular formula is C10H15N5. The highest BCUT2D eigenvalue weighted by Crippen LogP contribution is 2.09. The van der Waals surface area contributed by atoms with Crippen LogP contribution in [0.5, 0.6) is 0 Å². The van der Waals surface area contributed by atoms with Crippen LogP contribution in [0.4, 0.5) is 11.6 Å². The predicted octanol–water partition coefficient (Wildman–Crippen LogP) is 1.04. The number of hydrogen-bond donors (Lipinski definition) is 1. The van der Waals surface area contributed by atoms with Gasteiger partial charge in [0.25, 0.3) is 0 Å². The lowest BCUT2D eigenvalue weighted by Crippen LogP contribution is -2.29. The molecule has 0 bridgehead atoms. The van der Waals surface area contributed by atoms with Crippen molar-refractivity contribution in [1.82, 2.24) is 9.97 Å². The maximum Gasteiger partial charge on any atom is 0.225 e. The van der Waals surface area contributed by atoms with E-state index in [-0.39, 0.29) is 5.92 Å². The van der Waals surface area contributed by atoms with Crippen LogP contribution < -0.4 is 10.6 Å². The molecule has 15 heavy (non-hydrogen) atoms. The van der Waals surface area contributed by atoms with Gasteiger partial charge >= 0.3 is 0 Å². The quantitative estimate of drug-likeness (QED) is 0.794. The van der Waals surface area contributed by atoms with E-state index in [2.05, 4.69) is 16.0 Å². The van der Waals surface area contributed by atoms with E-state index in [0.717, 1.165) is 6.54 Å². The van der Waals surface area contributed by atoms with Crippen LogP contribution >= 0.6 is 0 Å². The van der Waals surface area contributed by atoms with Crippen molar-refractivity contribution in [1.29, 1.82) is 5.26 Å². The monoisotopic (exact) mass is 205 g/mol. The highest BCUT2D eigenvalue weighted by atomic mass is 15.2. The van der Waals surface area contributed by atoms with Crippen molar-refractivity contribution < 1.29 is 0 Å². The molecule has 0 amide bonds. The summed E-state index contributed by atoms with van der Waals surface area (Å²) in [5, 5.41) is 8.73. The molecule has 0 radical (unpaired) electrons. The van der Waals surface area contributed by atoms with Gasteiger partial charge in [-0.2, -0.15) is 5.26 Å². The van der Waals surface area contributed by atoms with Gasteiger partial charge in [-0.3, -0.25) is 0 Å². The maximum absolute atomic E-state index is 8.73. The summed E-state index contributed by atoms with van der Waals surface area (Å²) in [6.07, 6.45) is 3.14. The van der Waals surface area contributed by atoms with E-state index in [4.69, 9.17) is 11.0 Å². The molecule has 2 N–H and O–H groups in total. The van der Waals surface area contributed by atoms with Crippen molar-refractivity contribution in [3.05, 3.63) is 12.4 Å². The summed E-state index contributed by atoms with van der Waals surface area (Å²) < 4.78 is 0. The Balaban J connectivity index is 2.75. The average Bonchev–Trinajstić information content (AvgIpc) is 2.27. The SMILES string of the molecule is CCN(CC(C)C#N)c1ncc(N)cn1. The number of nitrogens with two attached hydrogens (primary N) is 1. The van der Waals surface area contributed by atoms with Crippen molar-refractivity contribution in [2.45, 2.75) is 13.8 Å². The minimum atomic E-state index is -0.0360. The number of nitrogens with zero attached hydrogens (tertiary/aromatic N) is 4. The van der Waals surface area contributed by atoms with E-state index in [1.54, 1.807) is 12.4 Å². The third kappa shape index (κ3) is 3.09. The lowest BCUT2D eigenvalue weighted by molar-refractivity contribution is 0.671. The van der Waals surface area contributed by atoms with Crippen LogP contribution in [0.3, 0.4) is 0 Å². The number of hydrogen-bond acceptors (Lipinski definition) is 5. The lowest BCUT2D eigenvalue weighted by atomic mass is 10.2. The van der Waals surface area contributed by atoms with Crippen LogP contribution in [0.25, 0.3) is 0 Å². The van der Waals surface area contributed by atoms with Crippen LogP contribution in [-0.2, 0) is 0 Å². The summed E-state index contributed by atoms with van der Waals surface area (Å²) in [5.74, 6) is 0.583. The fourth-order valence-corrected chi connectivity index (χ4v) is 1.22. The van der Waals surface area contributed by atoms with Crippen molar-refractivity contribution in [3.8, 4) is 6.07 Å². The zero-order chi connectivity index (χ0) is 11.3.